The minimum atomic E-state index is -3.02. The van der Waals surface area contributed by atoms with Crippen LogP contribution in [0.3, 0.4) is 0 Å². The molecule has 100 heavy (non-hydrogen) atoms. The Morgan fingerprint density at radius 3 is 1.13 bits per heavy atom. The number of rotatable bonds is 26. The van der Waals surface area contributed by atoms with Crippen molar-refractivity contribution in [2.24, 2.45) is 0 Å². The Labute approximate surface area is 582 Å². The molecule has 3 aliphatic rings. The van der Waals surface area contributed by atoms with Crippen molar-refractivity contribution < 1.29 is 89.8 Å². The molecule has 0 saturated carbocycles. The highest BCUT2D eigenvalue weighted by Gasteiger charge is 2.57. The van der Waals surface area contributed by atoms with E-state index < -0.39 is 130 Å². The first-order valence-corrected chi connectivity index (χ1v) is 34.3. The Morgan fingerprint density at radius 2 is 0.730 bits per heavy atom. The van der Waals surface area contributed by atoms with Crippen molar-refractivity contribution in [3.05, 3.63) is 317 Å². The van der Waals surface area contributed by atoms with Crippen LogP contribution in [0.15, 0.2) is 278 Å². The van der Waals surface area contributed by atoms with Gasteiger partial charge in [0.25, 0.3) is 0 Å². The Bertz CT molecular complexity index is 4140. The summed E-state index contributed by atoms with van der Waals surface area (Å²) in [6.07, 6.45) is -15.0. The molecule has 0 bridgehead atoms. The van der Waals surface area contributed by atoms with Crippen LogP contribution in [0.1, 0.15) is 97.0 Å². The zero-order valence-corrected chi connectivity index (χ0v) is 55.3. The fourth-order valence-corrected chi connectivity index (χ4v) is 13.8. The summed E-state index contributed by atoms with van der Waals surface area (Å²) in [7, 11) is -3.02. The molecule has 1 N–H and O–H groups in total. The molecular formula is C78H68NO19PS. The van der Waals surface area contributed by atoms with Gasteiger partial charge in [-0.05, 0) is 122 Å². The lowest BCUT2D eigenvalue weighted by Gasteiger charge is -2.45. The third-order valence-electron chi connectivity index (χ3n) is 16.4. The number of carbonyl (C=O) groups is 7. The fraction of sp³-hybridized carbons (Fsp3) is 0.218. The predicted octanol–water partition coefficient (Wildman–Crippen LogP) is 13.2. The van der Waals surface area contributed by atoms with Crippen LogP contribution in [-0.4, -0.2) is 128 Å². The summed E-state index contributed by atoms with van der Waals surface area (Å²) in [6.45, 7) is -0.724. The zero-order valence-electron chi connectivity index (χ0n) is 53.6. The van der Waals surface area contributed by atoms with Crippen LogP contribution in [0.4, 0.5) is 0 Å². The summed E-state index contributed by atoms with van der Waals surface area (Å²) in [5.74, 6) is -6.22. The van der Waals surface area contributed by atoms with E-state index in [1.807, 2.05) is 48.5 Å². The molecule has 0 spiro atoms. The first-order chi connectivity index (χ1) is 49.0. The van der Waals surface area contributed by atoms with Gasteiger partial charge in [0.15, 0.2) is 36.6 Å². The van der Waals surface area contributed by atoms with Crippen molar-refractivity contribution in [3.8, 4) is 0 Å². The second-order valence-electron chi connectivity index (χ2n) is 23.2. The number of benzene rings is 9. The van der Waals surface area contributed by atoms with Crippen molar-refractivity contribution in [1.82, 2.24) is 5.32 Å². The zero-order chi connectivity index (χ0) is 69.0. The van der Waals surface area contributed by atoms with Crippen LogP contribution in [0.25, 0.3) is 0 Å². The summed E-state index contributed by atoms with van der Waals surface area (Å²) >= 11 is 1.13. The maximum absolute atomic E-state index is 14.8. The van der Waals surface area contributed by atoms with Gasteiger partial charge in [-0.1, -0.05) is 188 Å². The molecule has 20 nitrogen and oxygen atoms in total. The minimum absolute atomic E-state index is 0.0427. The van der Waals surface area contributed by atoms with Gasteiger partial charge < -0.3 is 57.0 Å². The highest BCUT2D eigenvalue weighted by atomic mass is 32.2. The lowest BCUT2D eigenvalue weighted by molar-refractivity contribution is -0.278. The molecule has 3 saturated heterocycles. The SMILES string of the molecule is O=C(OC[C@H]1O[C@H](OP(OC[C@H]2O[C@@H](Sc3ccccc3)[C@H](OC(=O)c3ccccc3)[C@@H](OC(=O)c3ccccc3)[C@@H]2OC(=O)c2ccccc2)O[C@H](c2ccccc2)[C@@H]2CCCN2)[C@@H](OC(=O)c2ccccc2)[C@@H](OC(=O)c2ccccc2)[C@@H]1OC(=O)c1ccccc1)c1ccccc1. The second-order valence-corrected chi connectivity index (χ2v) is 25.5. The van der Waals surface area contributed by atoms with E-state index in [-0.39, 0.29) is 45.0 Å². The van der Waals surface area contributed by atoms with Crippen molar-refractivity contribution >= 4 is 62.1 Å². The van der Waals surface area contributed by atoms with Crippen molar-refractivity contribution in [2.75, 3.05) is 19.8 Å². The first-order valence-electron chi connectivity index (χ1n) is 32.4. The Morgan fingerprint density at radius 1 is 0.390 bits per heavy atom. The number of hydrogen-bond acceptors (Lipinski definition) is 21. The molecule has 9 aromatic rings. The largest absolute Gasteiger partial charge is 0.459 e. The van der Waals surface area contributed by atoms with Crippen LogP contribution in [0, 0.1) is 0 Å². The van der Waals surface area contributed by atoms with Crippen LogP contribution in [0.5, 0.6) is 0 Å². The molecule has 3 aliphatic heterocycles. The number of thioether (sulfide) groups is 1. The average molecular weight is 1390 g/mol. The fourth-order valence-electron chi connectivity index (χ4n) is 11.4. The van der Waals surface area contributed by atoms with Crippen LogP contribution in [0.2, 0.25) is 0 Å². The smallest absolute Gasteiger partial charge is 0.338 e. The highest BCUT2D eigenvalue weighted by molar-refractivity contribution is 7.99. The van der Waals surface area contributed by atoms with E-state index in [1.54, 1.807) is 152 Å². The normalized spacial score (nSPS) is 22.3. The van der Waals surface area contributed by atoms with Gasteiger partial charge in [0.2, 0.25) is 6.29 Å². The molecule has 3 heterocycles. The van der Waals surface area contributed by atoms with E-state index in [0.717, 1.165) is 18.2 Å². The van der Waals surface area contributed by atoms with Gasteiger partial charge in [-0.15, -0.1) is 0 Å². The van der Waals surface area contributed by atoms with Gasteiger partial charge in [-0.25, -0.2) is 33.6 Å². The molecular weight excluding hydrogens is 1320 g/mol. The van der Waals surface area contributed by atoms with Crippen LogP contribution >= 0.6 is 20.4 Å². The topological polar surface area (TPSA) is 242 Å². The van der Waals surface area contributed by atoms with Gasteiger partial charge in [-0.2, -0.15) is 0 Å². The molecule has 3 fully saturated rings. The van der Waals surface area contributed by atoms with Gasteiger partial charge in [0, 0.05) is 10.9 Å². The average Bonchev–Trinajstić information content (AvgIpc) is 0.825. The lowest BCUT2D eigenvalue weighted by Crippen LogP contribution is -2.63. The summed E-state index contributed by atoms with van der Waals surface area (Å²) in [5.41, 5.74) is 0.0870. The van der Waals surface area contributed by atoms with E-state index in [4.69, 9.17) is 56.2 Å². The predicted molar refractivity (Wildman–Crippen MR) is 365 cm³/mol. The van der Waals surface area contributed by atoms with E-state index in [9.17, 15) is 33.6 Å². The summed E-state index contributed by atoms with van der Waals surface area (Å²) in [4.78, 5) is 103. The van der Waals surface area contributed by atoms with E-state index in [2.05, 4.69) is 5.32 Å². The van der Waals surface area contributed by atoms with Crippen LogP contribution < -0.4 is 5.32 Å². The molecule has 9 aromatic carbocycles. The third-order valence-corrected chi connectivity index (χ3v) is 18.7. The Kier molecular flexibility index (Phi) is 24.1. The van der Waals surface area contributed by atoms with Crippen molar-refractivity contribution in [3.63, 3.8) is 0 Å². The summed E-state index contributed by atoms with van der Waals surface area (Å²) < 4.78 is 80.0. The molecule has 0 radical (unpaired) electrons. The third kappa shape index (κ3) is 18.2. The Hall–Kier alpha value is -10.2. The molecule has 1 unspecified atom stereocenters. The number of carbonyl (C=O) groups excluding carboxylic acids is 7. The van der Waals surface area contributed by atoms with Crippen molar-refractivity contribution in [2.45, 2.75) is 90.4 Å². The van der Waals surface area contributed by atoms with E-state index >= 15 is 0 Å². The molecule has 22 heteroatoms. The van der Waals surface area contributed by atoms with Gasteiger partial charge in [0.05, 0.1) is 45.6 Å². The summed E-state index contributed by atoms with van der Waals surface area (Å²) in [5, 5.41) is 3.54. The molecule has 13 atom stereocenters. The standard InChI is InChI=1S/C78H68NO19PS/c80-70(52-31-12-2-13-32-52)87-49-61-64(91-71(81)53-33-14-3-15-34-53)66(93-73(83)55-37-18-5-19-38-55)68(95-75(85)57-41-22-7-23-42-57)77(89-61)98-99(97-63(60-47-28-48-79-60)51-29-10-1-11-30-51)88-50-62-65(92-72(82)54-35-16-4-17-36-54)67(94-74(84)56-39-20-6-21-40-56)69(96-76(86)58-43-24-8-25-44-58)78(90-62)100-59-45-26-9-27-46-59/h1-27,29-46,60-69,77-79H,28,47-50H2/t60-,61+,62+,63+,64+,65+,66-,67-,68-,69+,77+,78-,99?/m0/s1. The lowest BCUT2D eigenvalue weighted by atomic mass is 9.97. The molecule has 0 aliphatic carbocycles. The number of hydrogen-bond donors (Lipinski definition) is 1. The molecule has 0 aromatic heterocycles. The minimum Gasteiger partial charge on any atom is -0.459 e. The molecule has 510 valence electrons. The van der Waals surface area contributed by atoms with Gasteiger partial charge in [0.1, 0.15) is 30.4 Å². The molecule has 12 rings (SSSR count). The van der Waals surface area contributed by atoms with E-state index in [1.165, 1.54) is 72.8 Å². The number of ether oxygens (including phenoxy) is 9. The highest BCUT2D eigenvalue weighted by Crippen LogP contribution is 2.51. The maximum atomic E-state index is 14.8. The maximum Gasteiger partial charge on any atom is 0.338 e. The second kappa shape index (κ2) is 34.5. The number of esters is 7. The molecule has 0 amide bonds. The number of nitrogens with one attached hydrogen (secondary N) is 1. The monoisotopic (exact) mass is 1390 g/mol. The van der Waals surface area contributed by atoms with E-state index in [0.29, 0.717) is 23.4 Å². The quantitative estimate of drug-likeness (QED) is 0.0301. The van der Waals surface area contributed by atoms with Crippen LogP contribution in [-0.2, 0) is 56.2 Å². The first kappa shape index (κ1) is 69.7. The summed E-state index contributed by atoms with van der Waals surface area (Å²) in [6, 6.07) is 74.1. The Balaban J connectivity index is 0.988. The van der Waals surface area contributed by atoms with Gasteiger partial charge in [-0.3, -0.25) is 4.52 Å². The van der Waals surface area contributed by atoms with Crippen molar-refractivity contribution in [1.29, 1.82) is 0 Å². The van der Waals surface area contributed by atoms with Gasteiger partial charge >= 0.3 is 50.4 Å².